The van der Waals surface area contributed by atoms with Crippen molar-refractivity contribution in [3.63, 3.8) is 0 Å². The van der Waals surface area contributed by atoms with E-state index in [-0.39, 0.29) is 17.9 Å². The maximum Gasteiger partial charge on any atom is 0.255 e. The van der Waals surface area contributed by atoms with Gasteiger partial charge in [-0.1, -0.05) is 6.07 Å². The minimum absolute atomic E-state index is 0.111. The summed E-state index contributed by atoms with van der Waals surface area (Å²) in [4.78, 5) is 24.6. The minimum Gasteiger partial charge on any atom is -0.494 e. The van der Waals surface area contributed by atoms with Crippen LogP contribution in [0.3, 0.4) is 0 Å². The van der Waals surface area contributed by atoms with Gasteiger partial charge in [0.2, 0.25) is 0 Å². The van der Waals surface area contributed by atoms with Crippen molar-refractivity contribution in [2.24, 2.45) is 0 Å². The van der Waals surface area contributed by atoms with Crippen LogP contribution in [0, 0.1) is 0 Å². The summed E-state index contributed by atoms with van der Waals surface area (Å²) in [7, 11) is 0. The highest BCUT2D eigenvalue weighted by Crippen LogP contribution is 2.16. The number of ether oxygens (including phenoxy) is 2. The van der Waals surface area contributed by atoms with E-state index in [1.807, 2.05) is 13.0 Å². The fraction of sp³-hybridized carbons (Fsp3) is 0.333. The maximum atomic E-state index is 12.4. The van der Waals surface area contributed by atoms with Crippen molar-refractivity contribution in [3.8, 4) is 5.75 Å². The van der Waals surface area contributed by atoms with Crippen LogP contribution in [-0.4, -0.2) is 37.7 Å². The van der Waals surface area contributed by atoms with Gasteiger partial charge >= 0.3 is 0 Å². The van der Waals surface area contributed by atoms with Gasteiger partial charge in [0.15, 0.2) is 0 Å². The van der Waals surface area contributed by atoms with E-state index in [9.17, 15) is 9.59 Å². The van der Waals surface area contributed by atoms with E-state index in [2.05, 4.69) is 10.6 Å². The molecule has 2 aromatic carbocycles. The zero-order valence-corrected chi connectivity index (χ0v) is 15.4. The number of carbonyl (C=O) groups is 2. The third-order valence-electron chi connectivity index (χ3n) is 4.33. The molecule has 2 N–H and O–H groups in total. The average Bonchev–Trinajstić information content (AvgIpc) is 3.21. The first kappa shape index (κ1) is 18.9. The van der Waals surface area contributed by atoms with Crippen LogP contribution < -0.4 is 15.4 Å². The van der Waals surface area contributed by atoms with Gasteiger partial charge in [-0.05, 0) is 62.2 Å². The third kappa shape index (κ3) is 5.31. The van der Waals surface area contributed by atoms with Crippen LogP contribution in [0.15, 0.2) is 48.5 Å². The van der Waals surface area contributed by atoms with Crippen LogP contribution in [0.1, 0.15) is 40.5 Å². The third-order valence-corrected chi connectivity index (χ3v) is 4.33. The fourth-order valence-corrected chi connectivity index (χ4v) is 2.92. The molecule has 1 aliphatic rings. The molecule has 6 heteroatoms. The van der Waals surface area contributed by atoms with Crippen molar-refractivity contribution < 1.29 is 19.1 Å². The molecule has 3 rings (SSSR count). The van der Waals surface area contributed by atoms with Gasteiger partial charge in [-0.25, -0.2) is 0 Å². The number of amides is 2. The van der Waals surface area contributed by atoms with Crippen molar-refractivity contribution in [3.05, 3.63) is 59.7 Å². The average molecular weight is 368 g/mol. The lowest BCUT2D eigenvalue weighted by atomic mass is 10.1. The zero-order valence-electron chi connectivity index (χ0n) is 15.4. The first-order valence-corrected chi connectivity index (χ1v) is 9.20. The molecule has 0 spiro atoms. The Morgan fingerprint density at radius 1 is 1.11 bits per heavy atom. The molecule has 142 valence electrons. The number of carbonyl (C=O) groups excluding carboxylic acids is 2. The van der Waals surface area contributed by atoms with E-state index in [4.69, 9.17) is 9.47 Å². The molecular formula is C21H24N2O4. The van der Waals surface area contributed by atoms with Crippen molar-refractivity contribution in [2.75, 3.05) is 25.1 Å². The summed E-state index contributed by atoms with van der Waals surface area (Å²) in [6.07, 6.45) is 2.14. The van der Waals surface area contributed by atoms with Crippen LogP contribution in [0.25, 0.3) is 0 Å². The SMILES string of the molecule is CCOc1cccc(C(=O)Nc2ccc(C(=O)NC[C@H]3CCCO3)cc2)c1. The molecule has 1 heterocycles. The van der Waals surface area contributed by atoms with E-state index >= 15 is 0 Å². The molecule has 2 aromatic rings. The first-order valence-electron chi connectivity index (χ1n) is 9.20. The van der Waals surface area contributed by atoms with Crippen molar-refractivity contribution in [1.29, 1.82) is 0 Å². The van der Waals surface area contributed by atoms with Gasteiger partial charge in [-0.3, -0.25) is 9.59 Å². The highest BCUT2D eigenvalue weighted by Gasteiger charge is 2.16. The molecule has 1 fully saturated rings. The van der Waals surface area contributed by atoms with E-state index in [1.54, 1.807) is 42.5 Å². The summed E-state index contributed by atoms with van der Waals surface area (Å²) >= 11 is 0. The quantitative estimate of drug-likeness (QED) is 0.787. The normalized spacial score (nSPS) is 16.0. The molecule has 27 heavy (non-hydrogen) atoms. The second-order valence-corrected chi connectivity index (χ2v) is 6.34. The van der Waals surface area contributed by atoms with E-state index in [0.717, 1.165) is 19.4 Å². The highest BCUT2D eigenvalue weighted by molar-refractivity contribution is 6.04. The zero-order chi connectivity index (χ0) is 19.1. The molecule has 0 aliphatic carbocycles. The van der Waals surface area contributed by atoms with Crippen LogP contribution in [0.5, 0.6) is 5.75 Å². The lowest BCUT2D eigenvalue weighted by molar-refractivity contribution is 0.0857. The molecule has 1 saturated heterocycles. The Hall–Kier alpha value is -2.86. The lowest BCUT2D eigenvalue weighted by Crippen LogP contribution is -2.31. The first-order chi connectivity index (χ1) is 13.2. The van der Waals surface area contributed by atoms with Gasteiger partial charge in [0.1, 0.15) is 5.75 Å². The van der Waals surface area contributed by atoms with Gasteiger partial charge in [-0.2, -0.15) is 0 Å². The van der Waals surface area contributed by atoms with Crippen LogP contribution in [0.4, 0.5) is 5.69 Å². The summed E-state index contributed by atoms with van der Waals surface area (Å²) in [5.41, 5.74) is 1.68. The van der Waals surface area contributed by atoms with Crippen molar-refractivity contribution >= 4 is 17.5 Å². The number of benzene rings is 2. The molecule has 0 aromatic heterocycles. The molecular weight excluding hydrogens is 344 g/mol. The van der Waals surface area contributed by atoms with Gasteiger partial charge in [0, 0.05) is 30.0 Å². The van der Waals surface area contributed by atoms with Gasteiger partial charge in [0.05, 0.1) is 12.7 Å². The summed E-state index contributed by atoms with van der Waals surface area (Å²) in [5, 5.41) is 5.70. The minimum atomic E-state index is -0.230. The van der Waals surface area contributed by atoms with E-state index in [1.165, 1.54) is 0 Å². The van der Waals surface area contributed by atoms with Gasteiger partial charge in [-0.15, -0.1) is 0 Å². The Morgan fingerprint density at radius 3 is 2.63 bits per heavy atom. The summed E-state index contributed by atoms with van der Waals surface area (Å²) in [6.45, 7) is 3.72. The monoisotopic (exact) mass is 368 g/mol. The summed E-state index contributed by atoms with van der Waals surface area (Å²) < 4.78 is 10.9. The summed E-state index contributed by atoms with van der Waals surface area (Å²) in [6, 6.07) is 13.8. The second-order valence-electron chi connectivity index (χ2n) is 6.34. The molecule has 2 amide bonds. The van der Waals surface area contributed by atoms with Crippen molar-refractivity contribution in [1.82, 2.24) is 5.32 Å². The second kappa shape index (κ2) is 9.19. The Labute approximate surface area is 158 Å². The standard InChI is InChI=1S/C21H24N2O4/c1-2-26-18-6-3-5-16(13-18)21(25)23-17-10-8-15(9-11-17)20(24)22-14-19-7-4-12-27-19/h3,5-6,8-11,13,19H,2,4,7,12,14H2,1H3,(H,22,24)(H,23,25)/t19-/m1/s1. The van der Waals surface area contributed by atoms with Crippen LogP contribution in [0.2, 0.25) is 0 Å². The lowest BCUT2D eigenvalue weighted by Gasteiger charge is -2.11. The molecule has 0 radical (unpaired) electrons. The Bertz CT molecular complexity index is 783. The van der Waals surface area contributed by atoms with Crippen LogP contribution in [-0.2, 0) is 4.74 Å². The number of rotatable bonds is 7. The number of anilines is 1. The molecule has 6 nitrogen and oxygen atoms in total. The Balaban J connectivity index is 1.55. The smallest absolute Gasteiger partial charge is 0.255 e. The van der Waals surface area contributed by atoms with E-state index in [0.29, 0.717) is 35.7 Å². The predicted octanol–water partition coefficient (Wildman–Crippen LogP) is 3.25. The van der Waals surface area contributed by atoms with E-state index < -0.39 is 0 Å². The maximum absolute atomic E-state index is 12.4. The molecule has 0 saturated carbocycles. The Morgan fingerprint density at radius 2 is 1.93 bits per heavy atom. The van der Waals surface area contributed by atoms with Crippen molar-refractivity contribution in [2.45, 2.75) is 25.9 Å². The number of nitrogens with one attached hydrogen (secondary N) is 2. The largest absolute Gasteiger partial charge is 0.494 e. The molecule has 1 aliphatic heterocycles. The molecule has 0 unspecified atom stereocenters. The van der Waals surface area contributed by atoms with Crippen LogP contribution >= 0.6 is 0 Å². The fourth-order valence-electron chi connectivity index (χ4n) is 2.92. The molecule has 0 bridgehead atoms. The Kier molecular flexibility index (Phi) is 6.44. The van der Waals surface area contributed by atoms with Gasteiger partial charge < -0.3 is 20.1 Å². The number of hydrogen-bond acceptors (Lipinski definition) is 4. The summed E-state index contributed by atoms with van der Waals surface area (Å²) in [5.74, 6) is 0.281. The predicted molar refractivity (Wildman–Crippen MR) is 103 cm³/mol. The highest BCUT2D eigenvalue weighted by atomic mass is 16.5. The number of hydrogen-bond donors (Lipinski definition) is 2. The topological polar surface area (TPSA) is 76.7 Å². The molecule has 1 atom stereocenters. The van der Waals surface area contributed by atoms with Gasteiger partial charge in [0.25, 0.3) is 11.8 Å².